The van der Waals surface area contributed by atoms with Crippen LogP contribution in [0, 0.1) is 12.1 Å². The summed E-state index contributed by atoms with van der Waals surface area (Å²) in [5.41, 5.74) is 1.73. The van der Waals surface area contributed by atoms with Gasteiger partial charge in [-0.25, -0.2) is 4.98 Å². The molecule has 122 valence electrons. The van der Waals surface area contributed by atoms with E-state index in [4.69, 9.17) is 0 Å². The van der Waals surface area contributed by atoms with Crippen LogP contribution in [0.3, 0.4) is 0 Å². The smallest absolute Gasteiger partial charge is 0.224 e. The van der Waals surface area contributed by atoms with E-state index < -0.39 is 0 Å². The van der Waals surface area contributed by atoms with Crippen LogP contribution in [0.15, 0.2) is 4.61 Å². The highest BCUT2D eigenvalue weighted by Crippen LogP contribution is 2.33. The molecular weight excluding hydrogens is 348 g/mol. The first-order chi connectivity index (χ1) is 10.4. The van der Waals surface area contributed by atoms with Gasteiger partial charge in [-0.1, -0.05) is 0 Å². The maximum absolute atomic E-state index is 12.1. The van der Waals surface area contributed by atoms with Crippen molar-refractivity contribution in [2.24, 2.45) is 0 Å². The van der Waals surface area contributed by atoms with E-state index in [1.807, 2.05) is 27.9 Å². The molecular formula is C14H22BrN6O-. The first kappa shape index (κ1) is 17.0. The molecule has 0 unspecified atom stereocenters. The molecule has 0 fully saturated rings. The quantitative estimate of drug-likeness (QED) is 0.609. The van der Waals surface area contributed by atoms with Crippen molar-refractivity contribution in [3.8, 4) is 0 Å². The van der Waals surface area contributed by atoms with Crippen molar-refractivity contribution in [3.63, 3.8) is 0 Å². The number of aryl methyl sites for hydroxylation is 1. The van der Waals surface area contributed by atoms with Gasteiger partial charge in [-0.05, 0) is 62.9 Å². The van der Waals surface area contributed by atoms with Crippen molar-refractivity contribution >= 4 is 33.8 Å². The fraction of sp³-hybridized carbons (Fsp3) is 0.571. The van der Waals surface area contributed by atoms with Crippen LogP contribution < -0.4 is 10.3 Å². The van der Waals surface area contributed by atoms with E-state index >= 15 is 0 Å². The summed E-state index contributed by atoms with van der Waals surface area (Å²) in [7, 11) is 4.09. The Hall–Kier alpha value is -1.38. The van der Waals surface area contributed by atoms with Crippen LogP contribution in [0.2, 0.25) is 0 Å². The van der Waals surface area contributed by atoms with Crippen molar-refractivity contribution < 1.29 is 0 Å². The van der Waals surface area contributed by atoms with Gasteiger partial charge >= 0.3 is 0 Å². The third kappa shape index (κ3) is 3.68. The van der Waals surface area contributed by atoms with Gasteiger partial charge in [0.05, 0.1) is 10.3 Å². The molecule has 0 aromatic carbocycles. The van der Waals surface area contributed by atoms with Crippen LogP contribution >= 0.6 is 15.9 Å². The number of halogens is 1. The second kappa shape index (κ2) is 7.26. The lowest BCUT2D eigenvalue weighted by atomic mass is 10.2. The van der Waals surface area contributed by atoms with Gasteiger partial charge in [-0.2, -0.15) is 4.98 Å². The molecule has 1 N–H and O–H groups in total. The molecule has 8 heteroatoms. The monoisotopic (exact) mass is 369 g/mol. The maximum Gasteiger partial charge on any atom is 0.224 e. The maximum atomic E-state index is 12.1. The highest BCUT2D eigenvalue weighted by molar-refractivity contribution is 9.11. The zero-order chi connectivity index (χ0) is 16.3. The number of hydrogen-bond acceptors (Lipinski definition) is 7. The fourth-order valence-electron chi connectivity index (χ4n) is 2.26. The summed E-state index contributed by atoms with van der Waals surface area (Å²) in [6, 6.07) is 0. The van der Waals surface area contributed by atoms with Crippen LogP contribution in [0.5, 0.6) is 0 Å². The molecule has 22 heavy (non-hydrogen) atoms. The van der Waals surface area contributed by atoms with Crippen LogP contribution in [-0.4, -0.2) is 53.8 Å². The summed E-state index contributed by atoms with van der Waals surface area (Å²) >= 11 is 3.28. The normalized spacial score (nSPS) is 14.2. The Bertz CT molecular complexity index is 563. The molecule has 0 atom stereocenters. The Morgan fingerprint density at radius 2 is 2.09 bits per heavy atom. The molecule has 0 amide bonds. The minimum absolute atomic E-state index is 0.459. The topological polar surface area (TPSA) is 70.6 Å². The molecule has 1 aliphatic rings. The van der Waals surface area contributed by atoms with E-state index in [2.05, 4.69) is 36.1 Å². The summed E-state index contributed by atoms with van der Waals surface area (Å²) < 4.78 is 0.459. The third-order valence-corrected chi connectivity index (χ3v) is 3.92. The highest BCUT2D eigenvalue weighted by atomic mass is 79.9. The van der Waals surface area contributed by atoms with Gasteiger partial charge in [0.1, 0.15) is 0 Å². The molecule has 2 rings (SSSR count). The predicted octanol–water partition coefficient (Wildman–Crippen LogP) is 2.40. The molecule has 1 aliphatic heterocycles. The highest BCUT2D eigenvalue weighted by Gasteiger charge is 2.22. The summed E-state index contributed by atoms with van der Waals surface area (Å²) in [5, 5.41) is 17.7. The summed E-state index contributed by atoms with van der Waals surface area (Å²) in [5.74, 6) is 1.21. The van der Waals surface area contributed by atoms with Gasteiger partial charge in [-0.15, -0.1) is 0 Å². The summed E-state index contributed by atoms with van der Waals surface area (Å²) in [4.78, 5) is 11.1. The molecule has 0 saturated carbocycles. The van der Waals surface area contributed by atoms with Gasteiger partial charge in [0, 0.05) is 18.7 Å². The molecule has 0 aliphatic carbocycles. The van der Waals surface area contributed by atoms with Crippen molar-refractivity contribution in [2.45, 2.75) is 20.3 Å². The zero-order valence-corrected chi connectivity index (χ0v) is 15.0. The molecule has 0 saturated heterocycles. The van der Waals surface area contributed by atoms with Crippen LogP contribution in [0.4, 0.5) is 11.8 Å². The Morgan fingerprint density at radius 3 is 2.73 bits per heavy atom. The van der Waals surface area contributed by atoms with Crippen molar-refractivity contribution in [1.82, 2.24) is 20.0 Å². The van der Waals surface area contributed by atoms with Gasteiger partial charge < -0.3 is 20.6 Å². The predicted molar refractivity (Wildman–Crippen MR) is 93.6 cm³/mol. The molecule has 1 aromatic heterocycles. The average Bonchev–Trinajstić information content (AvgIpc) is 2.46. The van der Waals surface area contributed by atoms with E-state index in [1.54, 1.807) is 11.1 Å². The molecule has 7 nitrogen and oxygen atoms in total. The molecule has 0 bridgehead atoms. The number of fused-ring (bicyclic) bond motifs is 1. The average molecular weight is 370 g/mol. The number of hydrogen-bond donors (Lipinski definition) is 1. The van der Waals surface area contributed by atoms with Crippen molar-refractivity contribution in [1.29, 1.82) is 0 Å². The van der Waals surface area contributed by atoms with Gasteiger partial charge in [-0.3, -0.25) is 5.01 Å². The Kier molecular flexibility index (Phi) is 5.60. The molecule has 2 heterocycles. The second-order valence-electron chi connectivity index (χ2n) is 5.41. The number of aromatic nitrogens is 2. The van der Waals surface area contributed by atoms with E-state index in [0.29, 0.717) is 22.9 Å². The van der Waals surface area contributed by atoms with Crippen LogP contribution in [-0.2, 0) is 0 Å². The first-order valence-corrected chi connectivity index (χ1v) is 8.12. The second-order valence-corrected chi connectivity index (χ2v) is 6.22. The van der Waals surface area contributed by atoms with Gasteiger partial charge in [0.2, 0.25) is 5.95 Å². The Balaban J connectivity index is 2.20. The molecule has 0 spiro atoms. The van der Waals surface area contributed by atoms with E-state index in [0.717, 1.165) is 35.9 Å². The standard InChI is InChI=1S/C14H22BrN6O/c1-5-20-13-11(9-12(15)21(20)22)10(2)17-14(18-13)16-7-6-8-19(3)4/h9H,5-8H2,1-4H3,(H,16,17,18)/q-1. The Morgan fingerprint density at radius 1 is 1.36 bits per heavy atom. The molecule has 1 aromatic rings. The van der Waals surface area contributed by atoms with E-state index in [9.17, 15) is 5.21 Å². The van der Waals surface area contributed by atoms with Crippen molar-refractivity contribution in [2.75, 3.05) is 44.1 Å². The minimum atomic E-state index is 0.459. The summed E-state index contributed by atoms with van der Waals surface area (Å²) in [6.07, 6.45) is 2.77. The number of nitrogens with one attached hydrogen (secondary N) is 1. The zero-order valence-electron chi connectivity index (χ0n) is 13.4. The lowest BCUT2D eigenvalue weighted by molar-refractivity contribution is 0.405. The Labute approximate surface area is 139 Å². The van der Waals surface area contributed by atoms with Crippen molar-refractivity contribution in [3.05, 3.63) is 21.1 Å². The lowest BCUT2D eigenvalue weighted by Crippen LogP contribution is -2.40. The number of hydroxylamine groups is 1. The largest absolute Gasteiger partial charge is 0.738 e. The van der Waals surface area contributed by atoms with E-state index in [-0.39, 0.29) is 0 Å². The number of nitrogens with zero attached hydrogens (tertiary/aromatic N) is 5. The first-order valence-electron chi connectivity index (χ1n) is 7.33. The van der Waals surface area contributed by atoms with Gasteiger partial charge in [0.25, 0.3) is 0 Å². The van der Waals surface area contributed by atoms with Gasteiger partial charge in [0.15, 0.2) is 5.82 Å². The SMILES string of the molecule is CCN1c2nc(NCCCN(C)C)nc(C)c2C=C(Br)N1[O-]. The fourth-order valence-corrected chi connectivity index (χ4v) is 2.68. The number of anilines is 2. The molecule has 0 radical (unpaired) electrons. The summed E-state index contributed by atoms with van der Waals surface area (Å²) in [6.45, 7) is 6.18. The van der Waals surface area contributed by atoms with E-state index in [1.165, 1.54) is 0 Å². The lowest BCUT2D eigenvalue weighted by Gasteiger charge is -2.44. The number of rotatable bonds is 6. The van der Waals surface area contributed by atoms with Crippen LogP contribution in [0.25, 0.3) is 6.08 Å². The number of hydrazine groups is 1. The minimum Gasteiger partial charge on any atom is -0.738 e. The van der Waals surface area contributed by atoms with Crippen LogP contribution in [0.1, 0.15) is 24.6 Å². The third-order valence-electron chi connectivity index (χ3n) is 3.39.